The molecule has 0 radical (unpaired) electrons. The van der Waals surface area contributed by atoms with Crippen molar-refractivity contribution in [3.05, 3.63) is 18.0 Å². The average molecular weight is 208 g/mol. The molecule has 0 bridgehead atoms. The summed E-state index contributed by atoms with van der Waals surface area (Å²) in [5, 5.41) is 4.11. The molecule has 2 rings (SSSR count). The highest BCUT2D eigenvalue weighted by atomic mass is 16.1. The number of hydrogen-bond donors (Lipinski definition) is 1. The van der Waals surface area contributed by atoms with Gasteiger partial charge < -0.3 is 5.73 Å². The van der Waals surface area contributed by atoms with Crippen molar-refractivity contribution in [2.75, 3.05) is 13.1 Å². The Labute approximate surface area is 88.8 Å². The van der Waals surface area contributed by atoms with E-state index in [2.05, 4.69) is 10.00 Å². The fourth-order valence-corrected chi connectivity index (χ4v) is 1.87. The maximum absolute atomic E-state index is 10.9. The van der Waals surface area contributed by atoms with E-state index in [0.717, 1.165) is 19.8 Å². The first-order chi connectivity index (χ1) is 7.25. The lowest BCUT2D eigenvalue weighted by Crippen LogP contribution is -2.31. The Kier molecular flexibility index (Phi) is 3.01. The molecule has 0 saturated carbocycles. The molecule has 0 spiro atoms. The average Bonchev–Trinajstić information content (AvgIpc) is 2.68. The summed E-state index contributed by atoms with van der Waals surface area (Å²) in [6.07, 6.45) is 7.05. The third-order valence-corrected chi connectivity index (χ3v) is 2.71. The zero-order valence-electron chi connectivity index (χ0n) is 8.72. The van der Waals surface area contributed by atoms with Crippen LogP contribution in [0.4, 0.5) is 0 Å². The van der Waals surface area contributed by atoms with Crippen molar-refractivity contribution >= 4 is 5.91 Å². The molecule has 1 aromatic rings. The van der Waals surface area contributed by atoms with Gasteiger partial charge >= 0.3 is 0 Å². The van der Waals surface area contributed by atoms with E-state index >= 15 is 0 Å². The largest absolute Gasteiger partial charge is 0.366 e. The molecule has 1 amide bonds. The standard InChI is InChI=1S/C10H16N4O/c11-10(15)9-6-12-14(7-9)8-13-4-2-1-3-5-13/h6-7H,1-5,8H2,(H2,11,15). The third-order valence-electron chi connectivity index (χ3n) is 2.71. The zero-order chi connectivity index (χ0) is 10.7. The van der Waals surface area contributed by atoms with Crippen LogP contribution >= 0.6 is 0 Å². The predicted molar refractivity (Wildman–Crippen MR) is 56.2 cm³/mol. The van der Waals surface area contributed by atoms with Gasteiger partial charge in [0.15, 0.2) is 0 Å². The molecule has 1 fully saturated rings. The van der Waals surface area contributed by atoms with Crippen molar-refractivity contribution in [1.82, 2.24) is 14.7 Å². The van der Waals surface area contributed by atoms with Crippen LogP contribution < -0.4 is 5.73 Å². The monoisotopic (exact) mass is 208 g/mol. The summed E-state index contributed by atoms with van der Waals surface area (Å²) in [4.78, 5) is 13.2. The van der Waals surface area contributed by atoms with Gasteiger partial charge in [-0.1, -0.05) is 6.42 Å². The number of carbonyl (C=O) groups excluding carboxylic acids is 1. The van der Waals surface area contributed by atoms with E-state index in [1.54, 1.807) is 10.9 Å². The Morgan fingerprint density at radius 1 is 1.40 bits per heavy atom. The van der Waals surface area contributed by atoms with Crippen molar-refractivity contribution in [2.45, 2.75) is 25.9 Å². The number of amides is 1. The number of hydrogen-bond acceptors (Lipinski definition) is 3. The second kappa shape index (κ2) is 4.44. The molecule has 15 heavy (non-hydrogen) atoms. The van der Waals surface area contributed by atoms with Gasteiger partial charge in [-0.2, -0.15) is 5.10 Å². The Morgan fingerprint density at radius 2 is 2.13 bits per heavy atom. The molecule has 5 nitrogen and oxygen atoms in total. The summed E-state index contributed by atoms with van der Waals surface area (Å²) in [6.45, 7) is 2.99. The van der Waals surface area contributed by atoms with Crippen molar-refractivity contribution in [3.63, 3.8) is 0 Å². The number of likely N-dealkylation sites (tertiary alicyclic amines) is 1. The SMILES string of the molecule is NC(=O)c1cnn(CN2CCCCC2)c1. The van der Waals surface area contributed by atoms with E-state index < -0.39 is 5.91 Å². The summed E-state index contributed by atoms with van der Waals surface area (Å²) >= 11 is 0. The van der Waals surface area contributed by atoms with Crippen LogP contribution in [0.3, 0.4) is 0 Å². The van der Waals surface area contributed by atoms with Crippen LogP contribution in [0, 0.1) is 0 Å². The zero-order valence-corrected chi connectivity index (χ0v) is 8.72. The van der Waals surface area contributed by atoms with Crippen molar-refractivity contribution < 1.29 is 4.79 Å². The van der Waals surface area contributed by atoms with Crippen LogP contribution in [0.2, 0.25) is 0 Å². The first-order valence-electron chi connectivity index (χ1n) is 5.30. The van der Waals surface area contributed by atoms with Crippen LogP contribution in [-0.2, 0) is 6.67 Å². The number of primary amides is 1. The molecule has 2 N–H and O–H groups in total. The van der Waals surface area contributed by atoms with Gasteiger partial charge in [0.1, 0.15) is 0 Å². The minimum atomic E-state index is -0.417. The lowest BCUT2D eigenvalue weighted by atomic mass is 10.1. The number of rotatable bonds is 3. The fourth-order valence-electron chi connectivity index (χ4n) is 1.87. The second-order valence-corrected chi connectivity index (χ2v) is 3.95. The predicted octanol–water partition coefficient (Wildman–Crippen LogP) is 0.425. The minimum Gasteiger partial charge on any atom is -0.366 e. The fraction of sp³-hybridized carbons (Fsp3) is 0.600. The first-order valence-corrected chi connectivity index (χ1v) is 5.30. The number of carbonyl (C=O) groups is 1. The molecular formula is C10H16N4O. The minimum absolute atomic E-state index is 0.417. The smallest absolute Gasteiger partial charge is 0.251 e. The van der Waals surface area contributed by atoms with Crippen LogP contribution in [0.25, 0.3) is 0 Å². The molecule has 5 heteroatoms. The third kappa shape index (κ3) is 2.56. The Balaban J connectivity index is 1.94. The Morgan fingerprint density at radius 3 is 2.73 bits per heavy atom. The van der Waals surface area contributed by atoms with E-state index in [-0.39, 0.29) is 0 Å². The van der Waals surface area contributed by atoms with Crippen molar-refractivity contribution in [2.24, 2.45) is 5.73 Å². The molecular weight excluding hydrogens is 192 g/mol. The summed E-state index contributed by atoms with van der Waals surface area (Å²) in [6, 6.07) is 0. The van der Waals surface area contributed by atoms with E-state index in [0.29, 0.717) is 5.56 Å². The topological polar surface area (TPSA) is 64.2 Å². The maximum atomic E-state index is 10.9. The molecule has 2 heterocycles. The van der Waals surface area contributed by atoms with Crippen LogP contribution in [0.5, 0.6) is 0 Å². The van der Waals surface area contributed by atoms with Gasteiger partial charge in [0.2, 0.25) is 0 Å². The lowest BCUT2D eigenvalue weighted by molar-refractivity contribution is 0.1000. The van der Waals surface area contributed by atoms with Crippen LogP contribution in [0.15, 0.2) is 12.4 Å². The van der Waals surface area contributed by atoms with E-state index in [1.807, 2.05) is 0 Å². The highest BCUT2D eigenvalue weighted by Crippen LogP contribution is 2.09. The second-order valence-electron chi connectivity index (χ2n) is 3.95. The molecule has 0 unspecified atom stereocenters. The van der Waals surface area contributed by atoms with Crippen molar-refractivity contribution in [3.8, 4) is 0 Å². The molecule has 0 aromatic carbocycles. The number of aromatic nitrogens is 2. The van der Waals surface area contributed by atoms with Gasteiger partial charge in [-0.05, 0) is 25.9 Å². The summed E-state index contributed by atoms with van der Waals surface area (Å²) in [5.41, 5.74) is 5.63. The molecule has 1 aliphatic rings. The van der Waals surface area contributed by atoms with Gasteiger partial charge in [0, 0.05) is 6.20 Å². The van der Waals surface area contributed by atoms with Crippen LogP contribution in [-0.4, -0.2) is 33.7 Å². The Bertz CT molecular complexity index is 341. The molecule has 82 valence electrons. The number of piperidine rings is 1. The highest BCUT2D eigenvalue weighted by Gasteiger charge is 2.11. The van der Waals surface area contributed by atoms with Gasteiger partial charge in [-0.25, -0.2) is 0 Å². The first kappa shape index (κ1) is 10.2. The van der Waals surface area contributed by atoms with Gasteiger partial charge in [-0.3, -0.25) is 14.4 Å². The van der Waals surface area contributed by atoms with E-state index in [4.69, 9.17) is 5.73 Å². The number of nitrogens with two attached hydrogens (primary N) is 1. The molecule has 1 aromatic heterocycles. The van der Waals surface area contributed by atoms with Gasteiger partial charge in [0.05, 0.1) is 18.4 Å². The maximum Gasteiger partial charge on any atom is 0.251 e. The van der Waals surface area contributed by atoms with Gasteiger partial charge in [0.25, 0.3) is 5.91 Å². The highest BCUT2D eigenvalue weighted by molar-refractivity contribution is 5.92. The van der Waals surface area contributed by atoms with Crippen molar-refractivity contribution in [1.29, 1.82) is 0 Å². The molecule has 0 aliphatic carbocycles. The normalized spacial score (nSPS) is 17.9. The van der Waals surface area contributed by atoms with E-state index in [9.17, 15) is 4.79 Å². The Hall–Kier alpha value is -1.36. The quantitative estimate of drug-likeness (QED) is 0.783. The molecule has 1 saturated heterocycles. The van der Waals surface area contributed by atoms with Gasteiger partial charge in [-0.15, -0.1) is 0 Å². The molecule has 1 aliphatic heterocycles. The summed E-state index contributed by atoms with van der Waals surface area (Å²) in [5.74, 6) is -0.417. The van der Waals surface area contributed by atoms with Crippen LogP contribution in [0.1, 0.15) is 29.6 Å². The summed E-state index contributed by atoms with van der Waals surface area (Å²) in [7, 11) is 0. The lowest BCUT2D eigenvalue weighted by Gasteiger charge is -2.25. The molecule has 0 atom stereocenters. The summed E-state index contributed by atoms with van der Waals surface area (Å²) < 4.78 is 1.77. The van der Waals surface area contributed by atoms with E-state index in [1.165, 1.54) is 25.5 Å². The number of nitrogens with zero attached hydrogens (tertiary/aromatic N) is 3.